The molecule has 1 saturated carbocycles. The Morgan fingerprint density at radius 2 is 1.57 bits per heavy atom. The zero-order chi connectivity index (χ0) is 27.5. The van der Waals surface area contributed by atoms with Gasteiger partial charge in [0.1, 0.15) is 5.75 Å². The summed E-state index contributed by atoms with van der Waals surface area (Å²) in [6.45, 7) is 3.04. The number of hydrogen-bond acceptors (Lipinski definition) is 9. The highest BCUT2D eigenvalue weighted by Crippen LogP contribution is 2.28. The zero-order valence-electron chi connectivity index (χ0n) is 22.0. The van der Waals surface area contributed by atoms with E-state index in [1.54, 1.807) is 36.4 Å². The van der Waals surface area contributed by atoms with Gasteiger partial charge in [-0.1, -0.05) is 24.3 Å². The summed E-state index contributed by atoms with van der Waals surface area (Å²) in [6, 6.07) is 14.8. The van der Waals surface area contributed by atoms with E-state index in [1.807, 2.05) is 17.0 Å². The monoisotopic (exact) mass is 550 g/mol. The van der Waals surface area contributed by atoms with Gasteiger partial charge in [0.05, 0.1) is 24.2 Å². The van der Waals surface area contributed by atoms with Gasteiger partial charge >= 0.3 is 0 Å². The molecular formula is C28H32F2N8O2. The molecule has 0 spiro atoms. The second kappa shape index (κ2) is 11.7. The molecule has 0 unspecified atom stereocenters. The van der Waals surface area contributed by atoms with Gasteiger partial charge < -0.3 is 25.4 Å². The fourth-order valence-corrected chi connectivity index (χ4v) is 5.32. The van der Waals surface area contributed by atoms with Crippen molar-refractivity contribution in [2.75, 3.05) is 36.5 Å². The van der Waals surface area contributed by atoms with Gasteiger partial charge in [-0.3, -0.25) is 4.57 Å². The number of nitrogens with zero attached hydrogens (tertiary/aromatic N) is 6. The van der Waals surface area contributed by atoms with E-state index in [-0.39, 0.29) is 17.7 Å². The van der Waals surface area contributed by atoms with Crippen molar-refractivity contribution < 1.29 is 18.6 Å². The lowest BCUT2D eigenvalue weighted by atomic mass is 9.91. The first-order chi connectivity index (χ1) is 19.5. The van der Waals surface area contributed by atoms with Gasteiger partial charge in [0.15, 0.2) is 5.82 Å². The Hall–Kier alpha value is -3.90. The number of alkyl halides is 2. The van der Waals surface area contributed by atoms with Crippen molar-refractivity contribution in [1.29, 1.82) is 0 Å². The predicted octanol–water partition coefficient (Wildman–Crippen LogP) is 4.20. The number of nitrogens with one attached hydrogen (secondary N) is 2. The molecule has 40 heavy (non-hydrogen) atoms. The van der Waals surface area contributed by atoms with Crippen LogP contribution in [0.2, 0.25) is 0 Å². The molecule has 1 aliphatic carbocycles. The van der Waals surface area contributed by atoms with Gasteiger partial charge in [0.25, 0.3) is 6.43 Å². The third-order valence-electron chi connectivity index (χ3n) is 7.48. The van der Waals surface area contributed by atoms with E-state index in [0.29, 0.717) is 55.3 Å². The van der Waals surface area contributed by atoms with Gasteiger partial charge in [-0.05, 0) is 55.5 Å². The Kier molecular flexibility index (Phi) is 7.69. The normalized spacial score (nSPS) is 19.8. The third-order valence-corrected chi connectivity index (χ3v) is 7.48. The van der Waals surface area contributed by atoms with Crippen LogP contribution < -0.4 is 15.5 Å². The van der Waals surface area contributed by atoms with Crippen LogP contribution in [0.4, 0.5) is 20.7 Å². The number of rotatable bonds is 8. The second-order valence-electron chi connectivity index (χ2n) is 10.2. The van der Waals surface area contributed by atoms with Crippen LogP contribution in [-0.2, 0) is 11.3 Å². The first-order valence-electron chi connectivity index (χ1n) is 13.7. The highest BCUT2D eigenvalue weighted by atomic mass is 19.3. The molecule has 3 N–H and O–H groups in total. The van der Waals surface area contributed by atoms with E-state index in [2.05, 4.69) is 25.6 Å². The number of anilines is 2. The van der Waals surface area contributed by atoms with Gasteiger partial charge in [0, 0.05) is 31.7 Å². The molecule has 1 aliphatic heterocycles. The average Bonchev–Trinajstić information content (AvgIpc) is 3.38. The molecule has 2 aromatic heterocycles. The molecule has 10 nitrogen and oxygen atoms in total. The van der Waals surface area contributed by atoms with Crippen molar-refractivity contribution in [3.63, 3.8) is 0 Å². The van der Waals surface area contributed by atoms with E-state index < -0.39 is 12.2 Å². The smallest absolute Gasteiger partial charge is 0.296 e. The predicted molar refractivity (Wildman–Crippen MR) is 147 cm³/mol. The number of para-hydroxylation sites is 2. The van der Waals surface area contributed by atoms with Gasteiger partial charge in [-0.15, -0.1) is 0 Å². The van der Waals surface area contributed by atoms with Crippen molar-refractivity contribution >= 4 is 22.9 Å². The third kappa shape index (κ3) is 5.82. The zero-order valence-corrected chi connectivity index (χ0v) is 22.0. The number of hydrogen-bond donors (Lipinski definition) is 3. The quantitative estimate of drug-likeness (QED) is 0.297. The lowest BCUT2D eigenvalue weighted by Gasteiger charge is -2.30. The Balaban J connectivity index is 1.22. The number of fused-ring (bicyclic) bond motifs is 1. The molecule has 1 saturated heterocycles. The molecule has 0 atom stereocenters. The SMILES string of the molecule is Oc1ccc(CN[C@H]2CC[C@H](Nc3nc(N4CCOCC4)nc(-n4c(C(F)F)nc5ccccc54)n3)CC2)cc1. The summed E-state index contributed by atoms with van der Waals surface area (Å²) in [6.07, 6.45) is 0.989. The van der Waals surface area contributed by atoms with E-state index in [0.717, 1.165) is 37.8 Å². The lowest BCUT2D eigenvalue weighted by molar-refractivity contribution is 0.122. The number of morpholine rings is 1. The van der Waals surface area contributed by atoms with E-state index in [1.165, 1.54) is 4.57 Å². The highest BCUT2D eigenvalue weighted by molar-refractivity contribution is 5.77. The Labute approximate surface area is 230 Å². The molecule has 6 rings (SSSR count). The van der Waals surface area contributed by atoms with Crippen molar-refractivity contribution in [3.05, 3.63) is 59.9 Å². The minimum atomic E-state index is -2.79. The largest absolute Gasteiger partial charge is 0.508 e. The minimum absolute atomic E-state index is 0.118. The van der Waals surface area contributed by atoms with Crippen LogP contribution >= 0.6 is 0 Å². The average molecular weight is 551 g/mol. The molecule has 2 aromatic carbocycles. The maximum atomic E-state index is 14.1. The molecular weight excluding hydrogens is 518 g/mol. The molecule has 3 heterocycles. The van der Waals surface area contributed by atoms with Crippen molar-refractivity contribution in [1.82, 2.24) is 29.8 Å². The van der Waals surface area contributed by atoms with Crippen LogP contribution in [0, 0.1) is 0 Å². The standard InChI is InChI=1S/C28H32F2N8O2/c29-24(30)25-33-22-3-1-2-4-23(22)38(25)28-35-26(34-27(36-28)37-13-15-40-16-14-37)32-20-9-7-19(8-10-20)31-17-18-5-11-21(39)12-6-18/h1-6,11-12,19-20,24,31,39H,7-10,13-17H2,(H,32,34,35,36)/t19-,20-. The van der Waals surface area contributed by atoms with Gasteiger partial charge in [-0.2, -0.15) is 15.0 Å². The molecule has 12 heteroatoms. The number of imidazole rings is 1. The summed E-state index contributed by atoms with van der Waals surface area (Å²) in [7, 11) is 0. The maximum Gasteiger partial charge on any atom is 0.296 e. The van der Waals surface area contributed by atoms with Gasteiger partial charge in [-0.25, -0.2) is 13.8 Å². The molecule has 2 aliphatic rings. The van der Waals surface area contributed by atoms with Crippen molar-refractivity contribution in [3.8, 4) is 11.7 Å². The summed E-state index contributed by atoms with van der Waals surface area (Å²) < 4.78 is 35.0. The van der Waals surface area contributed by atoms with Gasteiger partial charge in [0.2, 0.25) is 17.8 Å². The Morgan fingerprint density at radius 1 is 0.875 bits per heavy atom. The van der Waals surface area contributed by atoms with Crippen molar-refractivity contribution in [2.24, 2.45) is 0 Å². The maximum absolute atomic E-state index is 14.1. The first kappa shape index (κ1) is 26.3. The number of benzene rings is 2. The number of phenols is 1. The number of ether oxygens (including phenoxy) is 1. The number of phenolic OH excluding ortho intramolecular Hbond substituents is 1. The number of aromatic nitrogens is 5. The lowest BCUT2D eigenvalue weighted by Crippen LogP contribution is -2.38. The van der Waals surface area contributed by atoms with Crippen LogP contribution in [0.25, 0.3) is 17.0 Å². The minimum Gasteiger partial charge on any atom is -0.508 e. The Morgan fingerprint density at radius 3 is 2.33 bits per heavy atom. The summed E-state index contributed by atoms with van der Waals surface area (Å²) in [4.78, 5) is 20.1. The Bertz CT molecular complexity index is 1430. The second-order valence-corrected chi connectivity index (χ2v) is 10.2. The number of aromatic hydroxyl groups is 1. The number of halogens is 2. The van der Waals surface area contributed by atoms with Crippen LogP contribution in [0.1, 0.15) is 43.5 Å². The molecule has 0 amide bonds. The molecule has 210 valence electrons. The summed E-state index contributed by atoms with van der Waals surface area (Å²) >= 11 is 0. The van der Waals surface area contributed by atoms with E-state index in [4.69, 9.17) is 9.72 Å². The van der Waals surface area contributed by atoms with E-state index in [9.17, 15) is 13.9 Å². The summed E-state index contributed by atoms with van der Waals surface area (Å²) in [5, 5.41) is 16.6. The molecule has 0 radical (unpaired) electrons. The van der Waals surface area contributed by atoms with Crippen LogP contribution in [-0.4, -0.2) is 68.0 Å². The topological polar surface area (TPSA) is 113 Å². The molecule has 2 fully saturated rings. The molecule has 0 bridgehead atoms. The fraction of sp³-hybridized carbons (Fsp3) is 0.429. The van der Waals surface area contributed by atoms with E-state index >= 15 is 0 Å². The summed E-state index contributed by atoms with van der Waals surface area (Å²) in [5.74, 6) is 0.780. The van der Waals surface area contributed by atoms with Crippen molar-refractivity contribution in [2.45, 2.75) is 50.7 Å². The summed E-state index contributed by atoms with van der Waals surface area (Å²) in [5.41, 5.74) is 2.10. The van der Waals surface area contributed by atoms with Crippen LogP contribution in [0.3, 0.4) is 0 Å². The fourth-order valence-electron chi connectivity index (χ4n) is 5.32. The first-order valence-corrected chi connectivity index (χ1v) is 13.7. The molecule has 4 aromatic rings. The van der Waals surface area contributed by atoms with Crippen LogP contribution in [0.15, 0.2) is 48.5 Å². The highest BCUT2D eigenvalue weighted by Gasteiger charge is 2.26. The van der Waals surface area contributed by atoms with Crippen LogP contribution in [0.5, 0.6) is 5.75 Å².